The van der Waals surface area contributed by atoms with Crippen LogP contribution in [0.5, 0.6) is 0 Å². The number of rotatable bonds is 7. The summed E-state index contributed by atoms with van der Waals surface area (Å²) in [5, 5.41) is 6.88. The van der Waals surface area contributed by atoms with Crippen LogP contribution in [-0.2, 0) is 0 Å². The number of fused-ring (bicyclic) bond motifs is 1. The maximum atomic E-state index is 14.8. The van der Waals surface area contributed by atoms with Gasteiger partial charge in [0.25, 0.3) is 0 Å². The third-order valence-electron chi connectivity index (χ3n) is 6.57. The minimum atomic E-state index is -2.64. The monoisotopic (exact) mass is 458 g/mol. The number of nitrogens with zero attached hydrogens (tertiary/aromatic N) is 3. The molecule has 0 unspecified atom stereocenters. The fraction of sp³-hybridized carbons (Fsp3) is 0.478. The van der Waals surface area contributed by atoms with Crippen LogP contribution in [0.4, 0.5) is 24.8 Å². The van der Waals surface area contributed by atoms with Crippen molar-refractivity contribution in [2.75, 3.05) is 10.6 Å². The molecule has 174 valence electrons. The van der Waals surface area contributed by atoms with Gasteiger partial charge in [0.1, 0.15) is 23.6 Å². The lowest BCUT2D eigenvalue weighted by molar-refractivity contribution is -0.0361. The SMILES string of the molecule is C[C@H](Nc1ncnc2[nH]cc(C(=O)c3ccc(NC4CCC(F)(F)CC4)nc3F)c12)C1CC1. The molecule has 7 nitrogen and oxygen atoms in total. The minimum absolute atomic E-state index is 0.179. The molecule has 3 N–H and O–H groups in total. The predicted molar refractivity (Wildman–Crippen MR) is 118 cm³/mol. The van der Waals surface area contributed by atoms with Crippen molar-refractivity contribution in [1.29, 1.82) is 0 Å². The molecule has 0 aliphatic heterocycles. The van der Waals surface area contributed by atoms with E-state index in [1.54, 1.807) is 0 Å². The molecule has 0 aromatic carbocycles. The van der Waals surface area contributed by atoms with Gasteiger partial charge in [-0.3, -0.25) is 4.79 Å². The number of alkyl halides is 2. The van der Waals surface area contributed by atoms with E-state index < -0.39 is 17.7 Å². The van der Waals surface area contributed by atoms with Gasteiger partial charge in [0.2, 0.25) is 11.9 Å². The van der Waals surface area contributed by atoms with E-state index in [4.69, 9.17) is 0 Å². The first-order valence-electron chi connectivity index (χ1n) is 11.2. The van der Waals surface area contributed by atoms with Crippen LogP contribution in [0.25, 0.3) is 11.0 Å². The molecule has 2 fully saturated rings. The fourth-order valence-electron chi connectivity index (χ4n) is 4.40. The van der Waals surface area contributed by atoms with E-state index >= 15 is 0 Å². The Kier molecular flexibility index (Phi) is 5.46. The van der Waals surface area contributed by atoms with E-state index in [2.05, 4.69) is 37.5 Å². The van der Waals surface area contributed by atoms with Crippen molar-refractivity contribution in [3.8, 4) is 0 Å². The van der Waals surface area contributed by atoms with E-state index in [9.17, 15) is 18.0 Å². The third kappa shape index (κ3) is 4.51. The van der Waals surface area contributed by atoms with Gasteiger partial charge in [-0.1, -0.05) is 0 Å². The maximum absolute atomic E-state index is 14.8. The Balaban J connectivity index is 1.37. The normalized spacial score (nSPS) is 19.4. The summed E-state index contributed by atoms with van der Waals surface area (Å²) in [5.74, 6) is -2.76. The van der Waals surface area contributed by atoms with Crippen molar-refractivity contribution in [3.63, 3.8) is 0 Å². The third-order valence-corrected chi connectivity index (χ3v) is 6.57. The van der Waals surface area contributed by atoms with E-state index in [1.165, 1.54) is 24.7 Å². The molecule has 2 aliphatic carbocycles. The standard InChI is InChI=1S/C23H25F3N6O/c1-12(13-2-3-13)30-22-18-16(10-27-21(18)28-11-29-22)19(33)15-4-5-17(32-20(15)24)31-14-6-8-23(25,26)9-7-14/h4-5,10-14H,2-3,6-9H2,1H3,(H,31,32)(H2,27,28,29,30)/t12-/m0/s1. The number of halogens is 3. The molecule has 0 bridgehead atoms. The van der Waals surface area contributed by atoms with E-state index in [1.807, 2.05) is 0 Å². The van der Waals surface area contributed by atoms with Crippen LogP contribution < -0.4 is 10.6 Å². The summed E-state index contributed by atoms with van der Waals surface area (Å²) in [6.45, 7) is 2.07. The highest BCUT2D eigenvalue weighted by Gasteiger charge is 2.35. The van der Waals surface area contributed by atoms with Gasteiger partial charge in [-0.25, -0.2) is 23.7 Å². The van der Waals surface area contributed by atoms with Crippen LogP contribution in [0, 0.1) is 11.9 Å². The molecule has 10 heteroatoms. The van der Waals surface area contributed by atoms with Gasteiger partial charge < -0.3 is 15.6 Å². The lowest BCUT2D eigenvalue weighted by Crippen LogP contribution is -2.32. The second-order valence-electron chi connectivity index (χ2n) is 9.06. The molecule has 3 aromatic heterocycles. The maximum Gasteiger partial charge on any atom is 0.248 e. The zero-order valence-corrected chi connectivity index (χ0v) is 18.2. The molecule has 2 aliphatic rings. The summed E-state index contributed by atoms with van der Waals surface area (Å²) in [4.78, 5) is 28.5. The fourth-order valence-corrected chi connectivity index (χ4v) is 4.40. The Morgan fingerprint density at radius 2 is 1.91 bits per heavy atom. The first-order chi connectivity index (χ1) is 15.8. The molecule has 0 radical (unpaired) electrons. The first-order valence-corrected chi connectivity index (χ1v) is 11.2. The Hall–Kier alpha value is -3.17. The number of anilines is 2. The summed E-state index contributed by atoms with van der Waals surface area (Å²) in [5.41, 5.74) is 0.563. The molecule has 5 rings (SSSR count). The zero-order valence-electron chi connectivity index (χ0n) is 18.2. The predicted octanol–water partition coefficient (Wildman–Crippen LogP) is 4.92. The van der Waals surface area contributed by atoms with Crippen LogP contribution in [0.1, 0.15) is 61.4 Å². The number of hydrogen-bond donors (Lipinski definition) is 3. The van der Waals surface area contributed by atoms with E-state index in [0.29, 0.717) is 22.8 Å². The molecule has 3 aromatic rings. The minimum Gasteiger partial charge on any atom is -0.367 e. The van der Waals surface area contributed by atoms with Crippen LogP contribution in [-0.4, -0.2) is 43.7 Å². The average molecular weight is 458 g/mol. The molecular formula is C23H25F3N6O. The summed E-state index contributed by atoms with van der Waals surface area (Å²) < 4.78 is 41.5. The van der Waals surface area contributed by atoms with E-state index in [0.717, 1.165) is 12.8 Å². The van der Waals surface area contributed by atoms with Gasteiger partial charge in [-0.2, -0.15) is 4.39 Å². The van der Waals surface area contributed by atoms with Crippen molar-refractivity contribution in [2.24, 2.45) is 5.92 Å². The number of H-pyrrole nitrogens is 1. The second-order valence-corrected chi connectivity index (χ2v) is 9.06. The number of ketones is 1. The second kappa shape index (κ2) is 8.31. The topological polar surface area (TPSA) is 95.6 Å². The molecule has 1 atom stereocenters. The smallest absolute Gasteiger partial charge is 0.248 e. The molecule has 3 heterocycles. The van der Waals surface area contributed by atoms with Crippen molar-refractivity contribution < 1.29 is 18.0 Å². The molecular weight excluding hydrogens is 433 g/mol. The van der Waals surface area contributed by atoms with Crippen LogP contribution in [0.15, 0.2) is 24.7 Å². The summed E-state index contributed by atoms with van der Waals surface area (Å²) in [7, 11) is 0. The van der Waals surface area contributed by atoms with Crippen LogP contribution >= 0.6 is 0 Å². The van der Waals surface area contributed by atoms with Gasteiger partial charge in [-0.15, -0.1) is 0 Å². The van der Waals surface area contributed by atoms with Gasteiger partial charge in [0, 0.05) is 31.1 Å². The largest absolute Gasteiger partial charge is 0.367 e. The quantitative estimate of drug-likeness (QED) is 0.344. The van der Waals surface area contributed by atoms with Crippen molar-refractivity contribution in [2.45, 2.75) is 63.5 Å². The highest BCUT2D eigenvalue weighted by Crippen LogP contribution is 2.36. The van der Waals surface area contributed by atoms with Gasteiger partial charge >= 0.3 is 0 Å². The summed E-state index contributed by atoms with van der Waals surface area (Å²) >= 11 is 0. The number of carbonyl (C=O) groups excluding carboxylic acids is 1. The number of hydrogen-bond acceptors (Lipinski definition) is 6. The molecule has 0 spiro atoms. The van der Waals surface area contributed by atoms with Gasteiger partial charge in [-0.05, 0) is 50.7 Å². The average Bonchev–Trinajstić information content (AvgIpc) is 3.54. The molecule has 0 amide bonds. The Morgan fingerprint density at radius 3 is 2.61 bits per heavy atom. The lowest BCUT2D eigenvalue weighted by atomic mass is 9.92. The Morgan fingerprint density at radius 1 is 1.15 bits per heavy atom. The molecule has 33 heavy (non-hydrogen) atoms. The van der Waals surface area contributed by atoms with E-state index in [-0.39, 0.29) is 54.7 Å². The highest BCUT2D eigenvalue weighted by molar-refractivity contribution is 6.18. The molecule has 0 saturated heterocycles. The number of aromatic amines is 1. The number of carbonyl (C=O) groups is 1. The first kappa shape index (κ1) is 21.7. The highest BCUT2D eigenvalue weighted by atomic mass is 19.3. The van der Waals surface area contributed by atoms with Crippen molar-refractivity contribution in [3.05, 3.63) is 41.7 Å². The zero-order chi connectivity index (χ0) is 23.2. The summed E-state index contributed by atoms with van der Waals surface area (Å²) in [6.07, 6.45) is 5.37. The van der Waals surface area contributed by atoms with Gasteiger partial charge in [0.05, 0.1) is 16.5 Å². The Labute approximate surface area is 188 Å². The number of pyridine rings is 1. The van der Waals surface area contributed by atoms with Crippen molar-refractivity contribution >= 4 is 28.5 Å². The van der Waals surface area contributed by atoms with Crippen molar-refractivity contribution in [1.82, 2.24) is 19.9 Å². The van der Waals surface area contributed by atoms with Gasteiger partial charge in [0.15, 0.2) is 5.78 Å². The Bertz CT molecular complexity index is 1180. The lowest BCUT2D eigenvalue weighted by Gasteiger charge is -2.29. The van der Waals surface area contributed by atoms with Crippen LogP contribution in [0.3, 0.4) is 0 Å². The summed E-state index contributed by atoms with van der Waals surface area (Å²) in [6, 6.07) is 2.87. The number of aromatic nitrogens is 4. The number of nitrogens with one attached hydrogen (secondary N) is 3. The molecule has 2 saturated carbocycles. The van der Waals surface area contributed by atoms with Crippen LogP contribution in [0.2, 0.25) is 0 Å².